The second-order valence-corrected chi connectivity index (χ2v) is 12.0. The molecular weight excluding hydrogens is 534 g/mol. The number of nitrogens with zero attached hydrogens (tertiary/aromatic N) is 1. The van der Waals surface area contributed by atoms with E-state index in [0.29, 0.717) is 23.7 Å². The van der Waals surface area contributed by atoms with Gasteiger partial charge in [-0.1, -0.05) is 40.2 Å². The molecule has 0 bridgehead atoms. The van der Waals surface area contributed by atoms with E-state index in [4.69, 9.17) is 14.6 Å². The summed E-state index contributed by atoms with van der Waals surface area (Å²) in [6.45, 7) is 14.4. The van der Waals surface area contributed by atoms with Crippen LogP contribution in [0.15, 0.2) is 48.5 Å². The first-order valence-corrected chi connectivity index (χ1v) is 14.0. The molecule has 0 atom stereocenters. The van der Waals surface area contributed by atoms with Gasteiger partial charge in [-0.3, -0.25) is 4.90 Å². The highest BCUT2D eigenvalue weighted by atomic mass is 79.9. The zero-order valence-electron chi connectivity index (χ0n) is 23.1. The SMILES string of the molecule is CC(C)(C)OC(=O)c1ccc(CBr)cc1.CC(C)(C)OC(=O)c1ccc(CN2CCC(CO)CC2)cc1. The van der Waals surface area contributed by atoms with Gasteiger partial charge >= 0.3 is 11.9 Å². The Kier molecular flexibility index (Phi) is 11.8. The Morgan fingerprint density at radius 2 is 1.22 bits per heavy atom. The van der Waals surface area contributed by atoms with E-state index < -0.39 is 11.2 Å². The van der Waals surface area contributed by atoms with Gasteiger partial charge in [-0.25, -0.2) is 9.59 Å². The molecule has 1 heterocycles. The molecule has 1 fully saturated rings. The van der Waals surface area contributed by atoms with Crippen LogP contribution in [0, 0.1) is 5.92 Å². The van der Waals surface area contributed by atoms with Gasteiger partial charge in [0.1, 0.15) is 11.2 Å². The topological polar surface area (TPSA) is 76.1 Å². The van der Waals surface area contributed by atoms with Crippen molar-refractivity contribution in [3.8, 4) is 0 Å². The summed E-state index contributed by atoms with van der Waals surface area (Å²) in [6.07, 6.45) is 2.12. The molecule has 0 unspecified atom stereocenters. The molecule has 0 aliphatic carbocycles. The molecule has 0 aromatic heterocycles. The summed E-state index contributed by atoms with van der Waals surface area (Å²) in [7, 11) is 0. The lowest BCUT2D eigenvalue weighted by atomic mass is 9.97. The molecule has 1 saturated heterocycles. The monoisotopic (exact) mass is 575 g/mol. The van der Waals surface area contributed by atoms with Crippen molar-refractivity contribution < 1.29 is 24.2 Å². The summed E-state index contributed by atoms with van der Waals surface area (Å²) in [5, 5.41) is 9.96. The molecule has 37 heavy (non-hydrogen) atoms. The third-order valence-corrected chi connectivity index (χ3v) is 6.35. The normalized spacial score (nSPS) is 14.9. The Morgan fingerprint density at radius 1 is 0.811 bits per heavy atom. The summed E-state index contributed by atoms with van der Waals surface area (Å²) < 4.78 is 10.6. The minimum absolute atomic E-state index is 0.274. The molecule has 204 valence electrons. The number of aliphatic hydroxyl groups is 1. The first-order chi connectivity index (χ1) is 17.3. The molecule has 2 aromatic carbocycles. The van der Waals surface area contributed by atoms with Crippen LogP contribution in [-0.4, -0.2) is 52.8 Å². The van der Waals surface area contributed by atoms with E-state index in [0.717, 1.165) is 43.4 Å². The summed E-state index contributed by atoms with van der Waals surface area (Å²) >= 11 is 3.35. The van der Waals surface area contributed by atoms with Gasteiger partial charge in [-0.2, -0.15) is 0 Å². The van der Waals surface area contributed by atoms with Crippen molar-refractivity contribution in [1.82, 2.24) is 4.90 Å². The van der Waals surface area contributed by atoms with Crippen LogP contribution in [0.25, 0.3) is 0 Å². The van der Waals surface area contributed by atoms with Gasteiger partial charge in [-0.05, 0) is 109 Å². The lowest BCUT2D eigenvalue weighted by molar-refractivity contribution is 0.00570. The molecule has 1 N–H and O–H groups in total. The maximum absolute atomic E-state index is 12.0. The fourth-order valence-corrected chi connectivity index (χ4v) is 4.11. The highest BCUT2D eigenvalue weighted by Crippen LogP contribution is 2.19. The van der Waals surface area contributed by atoms with Crippen LogP contribution in [0.4, 0.5) is 0 Å². The number of alkyl halides is 1. The van der Waals surface area contributed by atoms with E-state index in [1.807, 2.05) is 77.9 Å². The summed E-state index contributed by atoms with van der Waals surface area (Å²) in [5.41, 5.74) is 2.63. The van der Waals surface area contributed by atoms with Crippen molar-refractivity contribution in [2.24, 2.45) is 5.92 Å². The molecule has 0 saturated carbocycles. The smallest absolute Gasteiger partial charge is 0.338 e. The van der Waals surface area contributed by atoms with Crippen molar-refractivity contribution in [1.29, 1.82) is 0 Å². The van der Waals surface area contributed by atoms with Crippen LogP contribution in [0.1, 0.15) is 86.2 Å². The maximum Gasteiger partial charge on any atom is 0.338 e. The largest absolute Gasteiger partial charge is 0.456 e. The standard InChI is InChI=1S/C18H27NO3.C12H15BrO2/c1-18(2,3)22-17(21)16-6-4-14(5-7-16)12-19-10-8-15(13-20)9-11-19;1-12(2,3)15-11(14)10-6-4-9(8-13)5-7-10/h4-7,15,20H,8-13H2,1-3H3;4-7H,8H2,1-3H3. The molecular formula is C30H42BrNO5. The van der Waals surface area contributed by atoms with Crippen molar-refractivity contribution in [3.05, 3.63) is 70.8 Å². The number of esters is 2. The van der Waals surface area contributed by atoms with Gasteiger partial charge < -0.3 is 14.6 Å². The number of rotatable bonds is 6. The van der Waals surface area contributed by atoms with Crippen molar-refractivity contribution in [2.45, 2.75) is 77.5 Å². The van der Waals surface area contributed by atoms with Crippen molar-refractivity contribution in [3.63, 3.8) is 0 Å². The number of piperidine rings is 1. The van der Waals surface area contributed by atoms with E-state index in [2.05, 4.69) is 20.8 Å². The zero-order chi connectivity index (χ0) is 27.6. The van der Waals surface area contributed by atoms with Crippen LogP contribution in [0.2, 0.25) is 0 Å². The lowest BCUT2D eigenvalue weighted by Gasteiger charge is -2.31. The fraction of sp³-hybridized carbons (Fsp3) is 0.533. The van der Waals surface area contributed by atoms with Crippen LogP contribution < -0.4 is 0 Å². The second-order valence-electron chi connectivity index (χ2n) is 11.4. The molecule has 7 heteroatoms. The Balaban J connectivity index is 0.000000281. The van der Waals surface area contributed by atoms with Gasteiger partial charge in [-0.15, -0.1) is 0 Å². The van der Waals surface area contributed by atoms with Crippen molar-refractivity contribution in [2.75, 3.05) is 19.7 Å². The maximum atomic E-state index is 12.0. The minimum Gasteiger partial charge on any atom is -0.456 e. The summed E-state index contributed by atoms with van der Waals surface area (Å²) in [6, 6.07) is 15.1. The summed E-state index contributed by atoms with van der Waals surface area (Å²) in [4.78, 5) is 26.0. The van der Waals surface area contributed by atoms with Gasteiger partial charge in [0.15, 0.2) is 0 Å². The van der Waals surface area contributed by atoms with E-state index in [-0.39, 0.29) is 11.9 Å². The first kappa shape index (κ1) is 31.0. The number of carbonyl (C=O) groups excluding carboxylic acids is 2. The Morgan fingerprint density at radius 3 is 1.57 bits per heavy atom. The number of likely N-dealkylation sites (tertiary alicyclic amines) is 1. The Hall–Kier alpha value is -2.22. The number of hydrogen-bond acceptors (Lipinski definition) is 6. The molecule has 0 spiro atoms. The number of carbonyl (C=O) groups is 2. The van der Waals surface area contributed by atoms with Gasteiger partial charge in [0, 0.05) is 18.5 Å². The zero-order valence-corrected chi connectivity index (χ0v) is 24.6. The average Bonchev–Trinajstić information content (AvgIpc) is 2.83. The van der Waals surface area contributed by atoms with Crippen molar-refractivity contribution >= 4 is 27.9 Å². The van der Waals surface area contributed by atoms with E-state index >= 15 is 0 Å². The molecule has 0 radical (unpaired) electrons. The van der Waals surface area contributed by atoms with Crippen LogP contribution in [-0.2, 0) is 21.3 Å². The highest BCUT2D eigenvalue weighted by molar-refractivity contribution is 9.08. The lowest BCUT2D eigenvalue weighted by Crippen LogP contribution is -2.34. The predicted molar refractivity (Wildman–Crippen MR) is 151 cm³/mol. The minimum atomic E-state index is -0.465. The Labute approximate surface area is 230 Å². The van der Waals surface area contributed by atoms with Gasteiger partial charge in [0.05, 0.1) is 11.1 Å². The molecule has 1 aliphatic rings. The second kappa shape index (κ2) is 14.1. The number of ether oxygens (including phenoxy) is 2. The molecule has 0 amide bonds. The molecule has 6 nitrogen and oxygen atoms in total. The number of hydrogen-bond donors (Lipinski definition) is 1. The fourth-order valence-electron chi connectivity index (χ4n) is 3.74. The van der Waals surface area contributed by atoms with Crippen LogP contribution in [0.3, 0.4) is 0 Å². The molecule has 3 rings (SSSR count). The highest BCUT2D eigenvalue weighted by Gasteiger charge is 2.20. The Bertz CT molecular complexity index is 983. The molecule has 1 aliphatic heterocycles. The van der Waals surface area contributed by atoms with Crippen LogP contribution in [0.5, 0.6) is 0 Å². The summed E-state index contributed by atoms with van der Waals surface area (Å²) in [5.74, 6) is -0.0859. The van der Waals surface area contributed by atoms with E-state index in [1.165, 1.54) is 5.56 Å². The number of aliphatic hydroxyl groups excluding tert-OH is 1. The number of benzene rings is 2. The van der Waals surface area contributed by atoms with Crippen LogP contribution >= 0.6 is 15.9 Å². The predicted octanol–water partition coefficient (Wildman–Crippen LogP) is 6.38. The first-order valence-electron chi connectivity index (χ1n) is 12.8. The number of halogens is 1. The average molecular weight is 577 g/mol. The third-order valence-electron chi connectivity index (χ3n) is 5.70. The van der Waals surface area contributed by atoms with E-state index in [9.17, 15) is 9.59 Å². The molecule has 2 aromatic rings. The van der Waals surface area contributed by atoms with E-state index in [1.54, 1.807) is 12.1 Å². The quantitative estimate of drug-likeness (QED) is 0.318. The van der Waals surface area contributed by atoms with Gasteiger partial charge in [0.2, 0.25) is 0 Å². The third kappa shape index (κ3) is 11.8. The van der Waals surface area contributed by atoms with Gasteiger partial charge in [0.25, 0.3) is 0 Å².